The summed E-state index contributed by atoms with van der Waals surface area (Å²) in [5.41, 5.74) is 0.984. The number of benzene rings is 1. The highest BCUT2D eigenvalue weighted by Gasteiger charge is 2.24. The molecule has 0 aromatic heterocycles. The van der Waals surface area contributed by atoms with E-state index in [-0.39, 0.29) is 12.0 Å². The molecule has 1 saturated carbocycles. The maximum absolute atomic E-state index is 9.34. The molecule has 0 bridgehead atoms. The summed E-state index contributed by atoms with van der Waals surface area (Å²) in [6.07, 6.45) is 5.59. The fourth-order valence-corrected chi connectivity index (χ4v) is 3.90. The van der Waals surface area contributed by atoms with Gasteiger partial charge in [-0.15, -0.1) is 0 Å². The van der Waals surface area contributed by atoms with Gasteiger partial charge in [0.05, 0.1) is 29.3 Å². The van der Waals surface area contributed by atoms with E-state index in [1.807, 2.05) is 12.1 Å². The Labute approximate surface area is 137 Å². The minimum atomic E-state index is 0.0824. The van der Waals surface area contributed by atoms with E-state index in [4.69, 9.17) is 4.74 Å². The number of halogens is 2. The summed E-state index contributed by atoms with van der Waals surface area (Å²) < 4.78 is 7.22. The van der Waals surface area contributed by atoms with Crippen LogP contribution >= 0.6 is 31.9 Å². The van der Waals surface area contributed by atoms with Crippen molar-refractivity contribution in [2.75, 3.05) is 12.4 Å². The molecule has 1 N–H and O–H groups in total. The predicted molar refractivity (Wildman–Crippen MR) is 88.0 cm³/mol. The van der Waals surface area contributed by atoms with Gasteiger partial charge in [-0.2, -0.15) is 5.26 Å². The Morgan fingerprint density at radius 2 is 1.95 bits per heavy atom. The second kappa shape index (κ2) is 7.33. The summed E-state index contributed by atoms with van der Waals surface area (Å²) >= 11 is 7.04. The van der Waals surface area contributed by atoms with Gasteiger partial charge in [0.25, 0.3) is 0 Å². The van der Waals surface area contributed by atoms with Crippen LogP contribution in [0.2, 0.25) is 0 Å². The van der Waals surface area contributed by atoms with Gasteiger partial charge in [0.1, 0.15) is 5.75 Å². The van der Waals surface area contributed by atoms with E-state index >= 15 is 0 Å². The lowest BCUT2D eigenvalue weighted by Gasteiger charge is -2.23. The van der Waals surface area contributed by atoms with Crippen molar-refractivity contribution < 1.29 is 4.74 Å². The lowest BCUT2D eigenvalue weighted by atomic mass is 9.96. The molecule has 1 aromatic rings. The molecular formula is C15H18Br2N2O. The molecule has 1 aliphatic rings. The van der Waals surface area contributed by atoms with Gasteiger partial charge in [0.2, 0.25) is 0 Å². The van der Waals surface area contributed by atoms with Crippen molar-refractivity contribution >= 4 is 37.5 Å². The molecule has 2 atom stereocenters. The van der Waals surface area contributed by atoms with E-state index in [2.05, 4.69) is 43.2 Å². The molecule has 3 nitrogen and oxygen atoms in total. The number of nitriles is 1. The highest BCUT2D eigenvalue weighted by Crippen LogP contribution is 2.36. The van der Waals surface area contributed by atoms with Crippen molar-refractivity contribution in [3.8, 4) is 11.8 Å². The van der Waals surface area contributed by atoms with Crippen LogP contribution in [-0.2, 0) is 0 Å². The maximum atomic E-state index is 9.34. The Balaban J connectivity index is 2.21. The summed E-state index contributed by atoms with van der Waals surface area (Å²) in [7, 11) is 1.65. The van der Waals surface area contributed by atoms with Gasteiger partial charge in [-0.05, 0) is 50.8 Å². The maximum Gasteiger partial charge on any atom is 0.135 e. The normalized spacial score (nSPS) is 22.7. The summed E-state index contributed by atoms with van der Waals surface area (Å²) in [6.45, 7) is 0. The Morgan fingerprint density at radius 3 is 2.65 bits per heavy atom. The van der Waals surface area contributed by atoms with E-state index in [9.17, 15) is 5.26 Å². The highest BCUT2D eigenvalue weighted by molar-refractivity contribution is 9.11. The van der Waals surface area contributed by atoms with Crippen LogP contribution in [0, 0.1) is 17.2 Å². The summed E-state index contributed by atoms with van der Waals surface area (Å²) in [5.74, 6) is 0.872. The first kappa shape index (κ1) is 15.7. The van der Waals surface area contributed by atoms with Crippen LogP contribution in [0.15, 0.2) is 21.1 Å². The van der Waals surface area contributed by atoms with Crippen molar-refractivity contribution in [2.45, 2.75) is 38.1 Å². The van der Waals surface area contributed by atoms with Crippen molar-refractivity contribution in [3.05, 3.63) is 21.1 Å². The van der Waals surface area contributed by atoms with Gasteiger partial charge in [-0.1, -0.05) is 19.3 Å². The molecule has 1 fully saturated rings. The SMILES string of the molecule is COc1cc(NC2CCCCCC2C#N)c(Br)cc1Br. The number of hydrogen-bond acceptors (Lipinski definition) is 3. The molecule has 0 radical (unpaired) electrons. The smallest absolute Gasteiger partial charge is 0.135 e. The summed E-state index contributed by atoms with van der Waals surface area (Å²) in [4.78, 5) is 0. The average Bonchev–Trinajstić information content (AvgIpc) is 2.66. The van der Waals surface area contributed by atoms with Gasteiger partial charge in [0, 0.05) is 16.6 Å². The van der Waals surface area contributed by atoms with E-state index in [0.717, 1.165) is 39.6 Å². The number of ether oxygens (including phenoxy) is 1. The molecular weight excluding hydrogens is 384 g/mol. The molecule has 0 spiro atoms. The first-order valence-corrected chi connectivity index (χ1v) is 8.43. The molecule has 1 aromatic carbocycles. The van der Waals surface area contributed by atoms with Crippen LogP contribution in [0.1, 0.15) is 32.1 Å². The third-order valence-electron chi connectivity index (χ3n) is 3.76. The van der Waals surface area contributed by atoms with Crippen LogP contribution in [0.5, 0.6) is 5.75 Å². The third kappa shape index (κ3) is 3.67. The van der Waals surface area contributed by atoms with Crippen LogP contribution in [0.4, 0.5) is 5.69 Å². The second-order valence-electron chi connectivity index (χ2n) is 5.09. The lowest BCUT2D eigenvalue weighted by Crippen LogP contribution is -2.27. The Kier molecular flexibility index (Phi) is 5.74. The Hall–Kier alpha value is -0.730. The average molecular weight is 402 g/mol. The van der Waals surface area contributed by atoms with Gasteiger partial charge >= 0.3 is 0 Å². The van der Waals surface area contributed by atoms with E-state index in [1.54, 1.807) is 7.11 Å². The zero-order chi connectivity index (χ0) is 14.5. The molecule has 0 amide bonds. The predicted octanol–water partition coefficient (Wildman–Crippen LogP) is 5.10. The quantitative estimate of drug-likeness (QED) is 0.716. The number of hydrogen-bond donors (Lipinski definition) is 1. The standard InChI is InChI=1S/C15H18Br2N2O/c1-20-15-8-14(11(16)7-12(15)17)19-13-6-4-2-3-5-10(13)9-18/h7-8,10,13,19H,2-6H2,1H3. The van der Waals surface area contributed by atoms with Gasteiger partial charge < -0.3 is 10.1 Å². The van der Waals surface area contributed by atoms with Crippen LogP contribution < -0.4 is 10.1 Å². The second-order valence-corrected chi connectivity index (χ2v) is 6.80. The fourth-order valence-electron chi connectivity index (χ4n) is 2.63. The molecule has 0 aliphatic heterocycles. The van der Waals surface area contributed by atoms with Crippen molar-refractivity contribution in [1.82, 2.24) is 0 Å². The van der Waals surface area contributed by atoms with E-state index in [0.29, 0.717) is 0 Å². The first-order chi connectivity index (χ1) is 9.65. The van der Waals surface area contributed by atoms with Gasteiger partial charge in [0.15, 0.2) is 0 Å². The number of rotatable bonds is 3. The molecule has 5 heteroatoms. The summed E-state index contributed by atoms with van der Waals surface area (Å²) in [5, 5.41) is 12.9. The zero-order valence-corrected chi connectivity index (χ0v) is 14.6. The molecule has 0 saturated heterocycles. The third-order valence-corrected chi connectivity index (χ3v) is 5.04. The molecule has 2 rings (SSSR count). The molecule has 108 valence electrons. The molecule has 2 unspecified atom stereocenters. The highest BCUT2D eigenvalue weighted by atomic mass is 79.9. The molecule has 20 heavy (non-hydrogen) atoms. The number of nitrogens with zero attached hydrogens (tertiary/aromatic N) is 1. The van der Waals surface area contributed by atoms with Crippen LogP contribution in [0.3, 0.4) is 0 Å². The van der Waals surface area contributed by atoms with Crippen molar-refractivity contribution in [3.63, 3.8) is 0 Å². The minimum absolute atomic E-state index is 0.0824. The zero-order valence-electron chi connectivity index (χ0n) is 11.5. The summed E-state index contributed by atoms with van der Waals surface area (Å²) in [6, 6.07) is 6.61. The number of nitrogens with one attached hydrogen (secondary N) is 1. The van der Waals surface area contributed by atoms with E-state index in [1.165, 1.54) is 12.8 Å². The topological polar surface area (TPSA) is 45.0 Å². The van der Waals surface area contributed by atoms with Crippen LogP contribution in [0.25, 0.3) is 0 Å². The van der Waals surface area contributed by atoms with Gasteiger partial charge in [-0.3, -0.25) is 0 Å². The molecule has 0 heterocycles. The minimum Gasteiger partial charge on any atom is -0.495 e. The van der Waals surface area contributed by atoms with Crippen molar-refractivity contribution in [1.29, 1.82) is 5.26 Å². The Bertz CT molecular complexity index is 513. The van der Waals surface area contributed by atoms with E-state index < -0.39 is 0 Å². The van der Waals surface area contributed by atoms with Crippen LogP contribution in [-0.4, -0.2) is 13.2 Å². The first-order valence-electron chi connectivity index (χ1n) is 6.85. The molecule has 1 aliphatic carbocycles. The monoisotopic (exact) mass is 400 g/mol. The number of anilines is 1. The largest absolute Gasteiger partial charge is 0.495 e. The van der Waals surface area contributed by atoms with Crippen molar-refractivity contribution in [2.24, 2.45) is 5.92 Å². The Morgan fingerprint density at radius 1 is 1.20 bits per heavy atom. The fraction of sp³-hybridized carbons (Fsp3) is 0.533. The van der Waals surface area contributed by atoms with Gasteiger partial charge in [-0.25, -0.2) is 0 Å². The number of methoxy groups -OCH3 is 1. The lowest BCUT2D eigenvalue weighted by molar-refractivity contribution is 0.412.